The predicted molar refractivity (Wildman–Crippen MR) is 121 cm³/mol. The average Bonchev–Trinajstić information content (AvgIpc) is 2.81. The zero-order valence-corrected chi connectivity index (χ0v) is 18.3. The summed E-state index contributed by atoms with van der Waals surface area (Å²) in [4.78, 5) is 29.7. The number of hydrogen-bond donors (Lipinski definition) is 0. The van der Waals surface area contributed by atoms with Gasteiger partial charge in [0.05, 0.1) is 0 Å². The zero-order chi connectivity index (χ0) is 21.3. The van der Waals surface area contributed by atoms with E-state index < -0.39 is 0 Å². The van der Waals surface area contributed by atoms with E-state index in [9.17, 15) is 9.59 Å². The first-order valence-electron chi connectivity index (χ1n) is 11.3. The molecule has 1 aliphatic rings. The minimum absolute atomic E-state index is 0.0456. The molecule has 0 saturated carbocycles. The van der Waals surface area contributed by atoms with Crippen molar-refractivity contribution < 1.29 is 9.59 Å². The first-order valence-corrected chi connectivity index (χ1v) is 11.3. The molecule has 160 valence electrons. The van der Waals surface area contributed by atoms with Crippen LogP contribution in [0.2, 0.25) is 0 Å². The van der Waals surface area contributed by atoms with E-state index in [0.717, 1.165) is 56.2 Å². The SMILES string of the molecule is CCCCN(C)C(=O)C1CCN(C(=O)c2ccccc2CCc2ccccc2)CC1. The third kappa shape index (κ3) is 5.71. The number of unbranched alkanes of at least 4 members (excludes halogenated alkanes) is 1. The van der Waals surface area contributed by atoms with Crippen LogP contribution in [0.5, 0.6) is 0 Å². The molecular formula is C26H34N2O2. The van der Waals surface area contributed by atoms with Crippen LogP contribution in [0.25, 0.3) is 0 Å². The summed E-state index contributed by atoms with van der Waals surface area (Å²) in [5.74, 6) is 0.381. The van der Waals surface area contributed by atoms with E-state index in [1.165, 1.54) is 5.56 Å². The molecule has 0 spiro atoms. The number of piperidine rings is 1. The van der Waals surface area contributed by atoms with Crippen molar-refractivity contribution in [2.24, 2.45) is 5.92 Å². The lowest BCUT2D eigenvalue weighted by Crippen LogP contribution is -2.43. The van der Waals surface area contributed by atoms with E-state index in [4.69, 9.17) is 0 Å². The fourth-order valence-corrected chi connectivity index (χ4v) is 4.19. The summed E-state index contributed by atoms with van der Waals surface area (Å²) in [6, 6.07) is 18.3. The van der Waals surface area contributed by atoms with Gasteiger partial charge < -0.3 is 9.80 Å². The van der Waals surface area contributed by atoms with Crippen molar-refractivity contribution in [1.82, 2.24) is 9.80 Å². The smallest absolute Gasteiger partial charge is 0.254 e. The second-order valence-corrected chi connectivity index (χ2v) is 8.32. The van der Waals surface area contributed by atoms with Crippen molar-refractivity contribution in [3.63, 3.8) is 0 Å². The van der Waals surface area contributed by atoms with Crippen molar-refractivity contribution in [2.75, 3.05) is 26.7 Å². The standard InChI is InChI=1S/C26H34N2O2/c1-3-4-18-27(2)25(29)23-16-19-28(20-17-23)26(30)24-13-9-8-12-22(24)15-14-21-10-6-5-7-11-21/h5-13,23H,3-4,14-20H2,1-2H3. The van der Waals surface area contributed by atoms with Crippen molar-refractivity contribution in [2.45, 2.75) is 45.4 Å². The van der Waals surface area contributed by atoms with Crippen LogP contribution < -0.4 is 0 Å². The number of aryl methyl sites for hydroxylation is 2. The second kappa shape index (κ2) is 11.0. The highest BCUT2D eigenvalue weighted by Gasteiger charge is 2.29. The van der Waals surface area contributed by atoms with E-state index in [0.29, 0.717) is 13.1 Å². The van der Waals surface area contributed by atoms with E-state index >= 15 is 0 Å². The molecule has 2 amide bonds. The Morgan fingerprint density at radius 1 is 0.967 bits per heavy atom. The highest BCUT2D eigenvalue weighted by molar-refractivity contribution is 5.96. The summed E-state index contributed by atoms with van der Waals surface area (Å²) in [5, 5.41) is 0. The minimum Gasteiger partial charge on any atom is -0.346 e. The lowest BCUT2D eigenvalue weighted by Gasteiger charge is -2.33. The van der Waals surface area contributed by atoms with Gasteiger partial charge in [0.15, 0.2) is 0 Å². The van der Waals surface area contributed by atoms with Crippen molar-refractivity contribution in [3.8, 4) is 0 Å². The Morgan fingerprint density at radius 2 is 1.63 bits per heavy atom. The van der Waals surface area contributed by atoms with Crippen LogP contribution in [-0.2, 0) is 17.6 Å². The van der Waals surface area contributed by atoms with Gasteiger partial charge in [-0.1, -0.05) is 61.9 Å². The normalized spacial score (nSPS) is 14.5. The highest BCUT2D eigenvalue weighted by Crippen LogP contribution is 2.23. The number of carbonyl (C=O) groups excluding carboxylic acids is 2. The molecule has 4 heteroatoms. The third-order valence-corrected chi connectivity index (χ3v) is 6.13. The Morgan fingerprint density at radius 3 is 2.33 bits per heavy atom. The van der Waals surface area contributed by atoms with Crippen molar-refractivity contribution >= 4 is 11.8 Å². The van der Waals surface area contributed by atoms with Gasteiger partial charge in [-0.3, -0.25) is 9.59 Å². The largest absolute Gasteiger partial charge is 0.346 e. The molecule has 30 heavy (non-hydrogen) atoms. The number of amides is 2. The molecule has 0 atom stereocenters. The first-order chi connectivity index (χ1) is 14.6. The van der Waals surface area contributed by atoms with Gasteiger partial charge in [0.1, 0.15) is 0 Å². The molecule has 1 fully saturated rings. The Bertz CT molecular complexity index is 826. The second-order valence-electron chi connectivity index (χ2n) is 8.32. The van der Waals surface area contributed by atoms with Crippen LogP contribution in [0.1, 0.15) is 54.1 Å². The number of benzene rings is 2. The van der Waals surface area contributed by atoms with Crippen LogP contribution in [0.4, 0.5) is 0 Å². The third-order valence-electron chi connectivity index (χ3n) is 6.13. The van der Waals surface area contributed by atoms with Crippen molar-refractivity contribution in [3.05, 3.63) is 71.3 Å². The Hall–Kier alpha value is -2.62. The van der Waals surface area contributed by atoms with Crippen LogP contribution in [0.3, 0.4) is 0 Å². The quantitative estimate of drug-likeness (QED) is 0.644. The molecule has 3 rings (SSSR count). The maximum Gasteiger partial charge on any atom is 0.254 e. The van der Waals surface area contributed by atoms with E-state index in [1.807, 2.05) is 41.1 Å². The Kier molecular flexibility index (Phi) is 8.06. The molecule has 1 saturated heterocycles. The Balaban J connectivity index is 1.58. The summed E-state index contributed by atoms with van der Waals surface area (Å²) < 4.78 is 0. The van der Waals surface area contributed by atoms with Gasteiger partial charge in [-0.05, 0) is 49.3 Å². The van der Waals surface area contributed by atoms with Crippen LogP contribution in [0, 0.1) is 5.92 Å². The van der Waals surface area contributed by atoms with Gasteiger partial charge in [0.25, 0.3) is 5.91 Å². The number of hydrogen-bond acceptors (Lipinski definition) is 2. The zero-order valence-electron chi connectivity index (χ0n) is 18.3. The molecule has 0 unspecified atom stereocenters. The fourth-order valence-electron chi connectivity index (χ4n) is 4.19. The maximum atomic E-state index is 13.2. The van der Waals surface area contributed by atoms with Gasteiger partial charge in [-0.15, -0.1) is 0 Å². The summed E-state index contributed by atoms with van der Waals surface area (Å²) in [5.41, 5.74) is 3.19. The summed E-state index contributed by atoms with van der Waals surface area (Å²) in [6.07, 6.45) is 5.42. The summed E-state index contributed by atoms with van der Waals surface area (Å²) >= 11 is 0. The summed E-state index contributed by atoms with van der Waals surface area (Å²) in [7, 11) is 1.90. The number of rotatable bonds is 8. The lowest BCUT2D eigenvalue weighted by atomic mass is 9.93. The van der Waals surface area contributed by atoms with Gasteiger partial charge in [-0.25, -0.2) is 0 Å². The number of carbonyl (C=O) groups is 2. The molecule has 0 bridgehead atoms. The fraction of sp³-hybridized carbons (Fsp3) is 0.462. The van der Waals surface area contributed by atoms with Crippen LogP contribution >= 0.6 is 0 Å². The first kappa shape index (κ1) is 22.1. The maximum absolute atomic E-state index is 13.2. The topological polar surface area (TPSA) is 40.6 Å². The molecule has 2 aromatic rings. The Labute approximate surface area is 180 Å². The van der Waals surface area contributed by atoms with Crippen molar-refractivity contribution in [1.29, 1.82) is 0 Å². The van der Waals surface area contributed by atoms with Gasteiger partial charge in [0.2, 0.25) is 5.91 Å². The van der Waals surface area contributed by atoms with E-state index in [1.54, 1.807) is 0 Å². The highest BCUT2D eigenvalue weighted by atomic mass is 16.2. The molecule has 4 nitrogen and oxygen atoms in total. The molecule has 1 aliphatic heterocycles. The minimum atomic E-state index is 0.0456. The average molecular weight is 407 g/mol. The molecule has 0 aromatic heterocycles. The van der Waals surface area contributed by atoms with Crippen LogP contribution in [-0.4, -0.2) is 48.3 Å². The van der Waals surface area contributed by atoms with E-state index in [-0.39, 0.29) is 17.7 Å². The van der Waals surface area contributed by atoms with Gasteiger partial charge in [0, 0.05) is 38.2 Å². The van der Waals surface area contributed by atoms with Gasteiger partial charge in [-0.2, -0.15) is 0 Å². The van der Waals surface area contributed by atoms with E-state index in [2.05, 4.69) is 37.3 Å². The summed E-state index contributed by atoms with van der Waals surface area (Å²) in [6.45, 7) is 4.27. The lowest BCUT2D eigenvalue weighted by molar-refractivity contribution is -0.135. The number of nitrogens with zero attached hydrogens (tertiary/aromatic N) is 2. The predicted octanol–water partition coefficient (Wildman–Crippen LogP) is 4.58. The van der Waals surface area contributed by atoms with Crippen LogP contribution in [0.15, 0.2) is 54.6 Å². The molecule has 0 aliphatic carbocycles. The monoisotopic (exact) mass is 406 g/mol. The molecular weight excluding hydrogens is 372 g/mol. The molecule has 0 N–H and O–H groups in total. The molecule has 2 aromatic carbocycles. The number of likely N-dealkylation sites (tertiary alicyclic amines) is 1. The molecule has 0 radical (unpaired) electrons. The molecule has 1 heterocycles. The van der Waals surface area contributed by atoms with Gasteiger partial charge >= 0.3 is 0 Å².